The Morgan fingerprint density at radius 1 is 1.09 bits per heavy atom. The third-order valence-electron chi connectivity index (χ3n) is 7.44. The standard InChI is InChI=1S/C28H29F4NOS/c1-27(2)13-20-23(21(34)14-27)22(18-11-12-35-15-18)24(26(33-20)17-5-3-4-6-17)25(29)16-7-9-19(10-8-16)28(30,31)32/h7-12,15,17,21,25,34H,3-6,13-14H2,1-2H3. The monoisotopic (exact) mass is 503 g/mol. The molecule has 1 N–H and O–H groups in total. The molecule has 2 nitrogen and oxygen atoms in total. The van der Waals surface area contributed by atoms with Gasteiger partial charge in [0.15, 0.2) is 6.17 Å². The van der Waals surface area contributed by atoms with E-state index in [1.807, 2.05) is 16.8 Å². The second-order valence-corrected chi connectivity index (χ2v) is 11.5. The summed E-state index contributed by atoms with van der Waals surface area (Å²) in [5.74, 6) is 0.0996. The lowest BCUT2D eigenvalue weighted by atomic mass is 9.71. The predicted octanol–water partition coefficient (Wildman–Crippen LogP) is 8.55. The van der Waals surface area contributed by atoms with Crippen LogP contribution in [0.5, 0.6) is 0 Å². The largest absolute Gasteiger partial charge is 0.416 e. The maximum Gasteiger partial charge on any atom is 0.416 e. The summed E-state index contributed by atoms with van der Waals surface area (Å²) in [7, 11) is 0. The molecule has 2 aliphatic carbocycles. The highest BCUT2D eigenvalue weighted by molar-refractivity contribution is 7.08. The molecule has 0 aliphatic heterocycles. The van der Waals surface area contributed by atoms with Gasteiger partial charge < -0.3 is 5.11 Å². The molecule has 2 aliphatic rings. The van der Waals surface area contributed by atoms with Crippen molar-refractivity contribution in [3.63, 3.8) is 0 Å². The molecule has 0 amide bonds. The molecule has 1 saturated carbocycles. The van der Waals surface area contributed by atoms with E-state index >= 15 is 4.39 Å². The maximum absolute atomic E-state index is 16.5. The fraction of sp³-hybridized carbons (Fsp3) is 0.464. The number of aromatic nitrogens is 1. The average molecular weight is 504 g/mol. The summed E-state index contributed by atoms with van der Waals surface area (Å²) in [5, 5.41) is 15.1. The van der Waals surface area contributed by atoms with Crippen molar-refractivity contribution in [1.82, 2.24) is 4.98 Å². The third-order valence-corrected chi connectivity index (χ3v) is 8.13. The number of halogens is 4. The van der Waals surface area contributed by atoms with E-state index in [4.69, 9.17) is 4.98 Å². The van der Waals surface area contributed by atoms with E-state index in [-0.39, 0.29) is 16.9 Å². The average Bonchev–Trinajstić information content (AvgIpc) is 3.50. The molecule has 0 bridgehead atoms. The van der Waals surface area contributed by atoms with Crippen LogP contribution in [-0.4, -0.2) is 10.1 Å². The van der Waals surface area contributed by atoms with Crippen molar-refractivity contribution < 1.29 is 22.7 Å². The SMILES string of the molecule is CC1(C)Cc2nc(C3CCCC3)c(C(F)c3ccc(C(F)(F)F)cc3)c(-c3ccsc3)c2C(O)C1. The summed E-state index contributed by atoms with van der Waals surface area (Å²) in [6.07, 6.45) is -1.78. The first-order valence-electron chi connectivity index (χ1n) is 12.1. The number of hydrogen-bond acceptors (Lipinski definition) is 3. The van der Waals surface area contributed by atoms with Crippen LogP contribution in [0.1, 0.15) is 97.8 Å². The Hall–Kier alpha value is -2.25. The lowest BCUT2D eigenvalue weighted by Crippen LogP contribution is -2.29. The molecule has 2 unspecified atom stereocenters. The lowest BCUT2D eigenvalue weighted by Gasteiger charge is -2.37. The van der Waals surface area contributed by atoms with E-state index in [1.54, 1.807) is 0 Å². The molecule has 0 radical (unpaired) electrons. The van der Waals surface area contributed by atoms with Gasteiger partial charge in [-0.15, -0.1) is 0 Å². The van der Waals surface area contributed by atoms with Crippen molar-refractivity contribution in [2.75, 3.05) is 0 Å². The van der Waals surface area contributed by atoms with Crippen LogP contribution in [0.2, 0.25) is 0 Å². The number of alkyl halides is 4. The predicted molar refractivity (Wildman–Crippen MR) is 130 cm³/mol. The second kappa shape index (κ2) is 9.00. The molecule has 1 aromatic carbocycles. The van der Waals surface area contributed by atoms with Gasteiger partial charge in [0.25, 0.3) is 0 Å². The van der Waals surface area contributed by atoms with E-state index in [2.05, 4.69) is 13.8 Å². The number of thiophene rings is 1. The van der Waals surface area contributed by atoms with Gasteiger partial charge in [0, 0.05) is 22.7 Å². The molecule has 5 rings (SSSR count). The summed E-state index contributed by atoms with van der Waals surface area (Å²) >= 11 is 1.50. The first-order chi connectivity index (χ1) is 16.5. The number of benzene rings is 1. The normalized spacial score (nSPS) is 21.2. The molecule has 2 aromatic heterocycles. The van der Waals surface area contributed by atoms with Crippen molar-refractivity contribution in [1.29, 1.82) is 0 Å². The Bertz CT molecular complexity index is 1200. The molecule has 0 spiro atoms. The molecule has 3 aromatic rings. The van der Waals surface area contributed by atoms with Crippen molar-refractivity contribution in [3.05, 3.63) is 74.7 Å². The highest BCUT2D eigenvalue weighted by Gasteiger charge is 2.39. The molecule has 7 heteroatoms. The smallest absolute Gasteiger partial charge is 0.388 e. The Morgan fingerprint density at radius 3 is 2.37 bits per heavy atom. The van der Waals surface area contributed by atoms with Crippen molar-refractivity contribution in [2.45, 2.75) is 76.7 Å². The minimum absolute atomic E-state index is 0.0996. The van der Waals surface area contributed by atoms with E-state index in [0.29, 0.717) is 35.2 Å². The maximum atomic E-state index is 16.5. The third kappa shape index (κ3) is 4.65. The fourth-order valence-electron chi connectivity index (χ4n) is 5.82. The number of nitrogens with zero attached hydrogens (tertiary/aromatic N) is 1. The van der Waals surface area contributed by atoms with E-state index < -0.39 is 24.0 Å². The van der Waals surface area contributed by atoms with E-state index in [1.165, 1.54) is 23.5 Å². The zero-order valence-electron chi connectivity index (χ0n) is 19.8. The van der Waals surface area contributed by atoms with Crippen molar-refractivity contribution >= 4 is 11.3 Å². The van der Waals surface area contributed by atoms with Crippen LogP contribution in [0.4, 0.5) is 17.6 Å². The van der Waals surface area contributed by atoms with Gasteiger partial charge in [0.1, 0.15) is 0 Å². The zero-order chi connectivity index (χ0) is 25.0. The van der Waals surface area contributed by atoms with Crippen LogP contribution >= 0.6 is 11.3 Å². The van der Waals surface area contributed by atoms with Crippen molar-refractivity contribution in [3.8, 4) is 11.1 Å². The van der Waals surface area contributed by atoms with Crippen LogP contribution in [0.15, 0.2) is 41.1 Å². The number of aliphatic hydroxyl groups is 1. The highest BCUT2D eigenvalue weighted by Crippen LogP contribution is 2.51. The van der Waals surface area contributed by atoms with Crippen LogP contribution < -0.4 is 0 Å². The minimum atomic E-state index is -4.48. The van der Waals surface area contributed by atoms with Gasteiger partial charge in [-0.1, -0.05) is 38.8 Å². The van der Waals surface area contributed by atoms with Gasteiger partial charge in [-0.05, 0) is 76.7 Å². The molecule has 2 atom stereocenters. The van der Waals surface area contributed by atoms with Crippen LogP contribution in [0.3, 0.4) is 0 Å². The number of rotatable bonds is 4. The topological polar surface area (TPSA) is 33.1 Å². The van der Waals surface area contributed by atoms with Crippen LogP contribution in [0.25, 0.3) is 11.1 Å². The number of fused-ring (bicyclic) bond motifs is 1. The summed E-state index contributed by atoms with van der Waals surface area (Å²) in [6, 6.07) is 6.24. The molecule has 0 saturated heterocycles. The first-order valence-corrected chi connectivity index (χ1v) is 13.1. The summed E-state index contributed by atoms with van der Waals surface area (Å²) in [6.45, 7) is 4.21. The number of aliphatic hydroxyl groups excluding tert-OH is 1. The zero-order valence-corrected chi connectivity index (χ0v) is 20.6. The van der Waals surface area contributed by atoms with Crippen LogP contribution in [0, 0.1) is 5.41 Å². The minimum Gasteiger partial charge on any atom is -0.388 e. The quantitative estimate of drug-likeness (QED) is 0.362. The number of pyridine rings is 1. The Morgan fingerprint density at radius 2 is 1.77 bits per heavy atom. The van der Waals surface area contributed by atoms with Gasteiger partial charge in [0.05, 0.1) is 17.4 Å². The lowest BCUT2D eigenvalue weighted by molar-refractivity contribution is -0.137. The molecular weight excluding hydrogens is 474 g/mol. The van der Waals surface area contributed by atoms with E-state index in [0.717, 1.165) is 49.1 Å². The van der Waals surface area contributed by atoms with Crippen LogP contribution in [-0.2, 0) is 12.6 Å². The first kappa shape index (κ1) is 24.4. The number of hydrogen-bond donors (Lipinski definition) is 1. The molecule has 1 fully saturated rings. The van der Waals surface area contributed by atoms with Gasteiger partial charge in [-0.2, -0.15) is 24.5 Å². The molecular formula is C28H29F4NOS. The van der Waals surface area contributed by atoms with Gasteiger partial charge in [0.2, 0.25) is 0 Å². The molecule has 186 valence electrons. The van der Waals surface area contributed by atoms with E-state index in [9.17, 15) is 18.3 Å². The van der Waals surface area contributed by atoms with Crippen molar-refractivity contribution in [2.24, 2.45) is 5.41 Å². The summed E-state index contributed by atoms with van der Waals surface area (Å²) < 4.78 is 55.9. The molecule has 35 heavy (non-hydrogen) atoms. The second-order valence-electron chi connectivity index (χ2n) is 10.7. The van der Waals surface area contributed by atoms with Gasteiger partial charge in [-0.3, -0.25) is 4.98 Å². The Kier molecular flexibility index (Phi) is 6.29. The van der Waals surface area contributed by atoms with Gasteiger partial charge >= 0.3 is 6.18 Å². The highest BCUT2D eigenvalue weighted by atomic mass is 32.1. The van der Waals surface area contributed by atoms with Gasteiger partial charge in [-0.25, -0.2) is 4.39 Å². The summed E-state index contributed by atoms with van der Waals surface area (Å²) in [5.41, 5.74) is 3.35. The fourth-order valence-corrected chi connectivity index (χ4v) is 6.47. The summed E-state index contributed by atoms with van der Waals surface area (Å²) in [4.78, 5) is 5.04. The Labute approximate surface area is 207 Å². The Balaban J connectivity index is 1.74. The molecule has 2 heterocycles.